The molecule has 1 amide bonds. The summed E-state index contributed by atoms with van der Waals surface area (Å²) in [5.41, 5.74) is 0.633. The van der Waals surface area contributed by atoms with E-state index in [0.717, 1.165) is 13.1 Å². The Hall–Kier alpha value is -1.27. The first-order valence-electron chi connectivity index (χ1n) is 6.12. The maximum atomic E-state index is 13.5. The van der Waals surface area contributed by atoms with E-state index in [1.807, 2.05) is 6.92 Å². The highest BCUT2D eigenvalue weighted by molar-refractivity contribution is 9.10. The van der Waals surface area contributed by atoms with Gasteiger partial charge in [0.2, 0.25) is 0 Å². The first-order valence-corrected chi connectivity index (χ1v) is 6.91. The number of carbonyl (C=O) groups is 2. The molecule has 0 saturated carbocycles. The number of Topliss-reactive ketones (excluding diaryl/α,β-unsaturated/α-hetero) is 1. The minimum Gasteiger partial charge on any atom is -0.317 e. The third kappa shape index (κ3) is 2.69. The Balaban J connectivity index is 2.21. The number of hydrogen-bond acceptors (Lipinski definition) is 3. The molecule has 0 fully saturated rings. The average molecular weight is 329 g/mol. The van der Waals surface area contributed by atoms with Crippen molar-refractivity contribution in [3.8, 4) is 0 Å². The van der Waals surface area contributed by atoms with Crippen LogP contribution in [0.1, 0.15) is 23.7 Å². The molecule has 0 aliphatic carbocycles. The Morgan fingerprint density at radius 2 is 2.11 bits per heavy atom. The van der Waals surface area contributed by atoms with Gasteiger partial charge in [0.1, 0.15) is 5.82 Å². The molecule has 4 nitrogen and oxygen atoms in total. The van der Waals surface area contributed by atoms with Crippen LogP contribution in [0.15, 0.2) is 16.6 Å². The Kier molecular flexibility index (Phi) is 4.31. The molecule has 1 heterocycles. The van der Waals surface area contributed by atoms with Crippen LogP contribution >= 0.6 is 15.9 Å². The summed E-state index contributed by atoms with van der Waals surface area (Å²) in [6.07, 6.45) is 0.712. The van der Waals surface area contributed by atoms with Gasteiger partial charge in [0.05, 0.1) is 15.7 Å². The number of halogens is 2. The zero-order valence-electron chi connectivity index (χ0n) is 10.5. The number of carbonyl (C=O) groups excluding carboxylic acids is 2. The third-order valence-corrected chi connectivity index (χ3v) is 3.61. The van der Waals surface area contributed by atoms with Crippen LogP contribution < -0.4 is 10.2 Å². The minimum atomic E-state index is -0.580. The molecule has 0 radical (unpaired) electrons. The van der Waals surface area contributed by atoms with E-state index in [4.69, 9.17) is 0 Å². The molecule has 0 unspecified atom stereocenters. The van der Waals surface area contributed by atoms with Gasteiger partial charge in [0.25, 0.3) is 11.7 Å². The number of amides is 1. The van der Waals surface area contributed by atoms with Crippen molar-refractivity contribution >= 4 is 33.3 Å². The molecular weight excluding hydrogens is 315 g/mol. The molecule has 0 bridgehead atoms. The predicted octanol–water partition coefficient (Wildman–Crippen LogP) is 2.12. The van der Waals surface area contributed by atoms with Crippen LogP contribution in [0.3, 0.4) is 0 Å². The Labute approximate surface area is 119 Å². The summed E-state index contributed by atoms with van der Waals surface area (Å²) in [5.74, 6) is -1.62. The summed E-state index contributed by atoms with van der Waals surface area (Å²) in [4.78, 5) is 25.0. The van der Waals surface area contributed by atoms with E-state index < -0.39 is 17.5 Å². The lowest BCUT2D eigenvalue weighted by Crippen LogP contribution is -2.32. The van der Waals surface area contributed by atoms with Crippen molar-refractivity contribution in [1.82, 2.24) is 5.32 Å². The van der Waals surface area contributed by atoms with Crippen molar-refractivity contribution in [2.45, 2.75) is 13.3 Å². The van der Waals surface area contributed by atoms with E-state index in [2.05, 4.69) is 21.2 Å². The molecule has 2 rings (SSSR count). The number of anilines is 1. The number of nitrogens with one attached hydrogen (secondary N) is 1. The highest BCUT2D eigenvalue weighted by Gasteiger charge is 2.36. The molecule has 1 aromatic rings. The summed E-state index contributed by atoms with van der Waals surface area (Å²) in [5, 5.41) is 3.14. The van der Waals surface area contributed by atoms with E-state index in [9.17, 15) is 14.0 Å². The summed E-state index contributed by atoms with van der Waals surface area (Å²) in [6, 6.07) is 2.60. The number of rotatable bonds is 5. The summed E-state index contributed by atoms with van der Waals surface area (Å²) < 4.78 is 13.7. The van der Waals surface area contributed by atoms with Crippen LogP contribution in [0.4, 0.5) is 10.1 Å². The lowest BCUT2D eigenvalue weighted by Gasteiger charge is -2.16. The lowest BCUT2D eigenvalue weighted by atomic mass is 10.1. The average Bonchev–Trinajstić information content (AvgIpc) is 2.60. The summed E-state index contributed by atoms with van der Waals surface area (Å²) >= 11 is 3.02. The molecule has 6 heteroatoms. The first kappa shape index (κ1) is 14.1. The topological polar surface area (TPSA) is 49.4 Å². The van der Waals surface area contributed by atoms with Crippen molar-refractivity contribution < 1.29 is 14.0 Å². The zero-order valence-corrected chi connectivity index (χ0v) is 12.1. The molecular formula is C13H14BrFN2O2. The highest BCUT2D eigenvalue weighted by atomic mass is 79.9. The third-order valence-electron chi connectivity index (χ3n) is 3.00. The normalized spacial score (nSPS) is 14.2. The maximum absolute atomic E-state index is 13.5. The zero-order chi connectivity index (χ0) is 14.0. The van der Waals surface area contributed by atoms with Crippen molar-refractivity contribution in [3.05, 3.63) is 28.0 Å². The fourth-order valence-electron chi connectivity index (χ4n) is 2.05. The quantitative estimate of drug-likeness (QED) is 0.665. The monoisotopic (exact) mass is 328 g/mol. The van der Waals surface area contributed by atoms with E-state index in [-0.39, 0.29) is 10.0 Å². The molecule has 102 valence electrons. The van der Waals surface area contributed by atoms with Gasteiger partial charge in [-0.15, -0.1) is 0 Å². The SMILES string of the molecule is CCNCCCN1C(=O)C(=O)c2cc(Br)c(F)cc21. The lowest BCUT2D eigenvalue weighted by molar-refractivity contribution is -0.114. The van der Waals surface area contributed by atoms with Crippen LogP contribution in [0.25, 0.3) is 0 Å². The van der Waals surface area contributed by atoms with Crippen LogP contribution in [-0.4, -0.2) is 31.3 Å². The second-order valence-electron chi connectivity index (χ2n) is 4.28. The van der Waals surface area contributed by atoms with Gasteiger partial charge in [-0.25, -0.2) is 4.39 Å². The Morgan fingerprint density at radius 1 is 1.37 bits per heavy atom. The minimum absolute atomic E-state index is 0.196. The molecule has 0 saturated heterocycles. The largest absolute Gasteiger partial charge is 0.317 e. The smallest absolute Gasteiger partial charge is 0.299 e. The number of benzene rings is 1. The van der Waals surface area contributed by atoms with E-state index >= 15 is 0 Å². The molecule has 0 atom stereocenters. The highest BCUT2D eigenvalue weighted by Crippen LogP contribution is 2.33. The molecule has 1 N–H and O–H groups in total. The Bertz CT molecular complexity index is 534. The number of hydrogen-bond donors (Lipinski definition) is 1. The van der Waals surface area contributed by atoms with Crippen LogP contribution in [-0.2, 0) is 4.79 Å². The number of nitrogens with zero attached hydrogens (tertiary/aromatic N) is 1. The fraction of sp³-hybridized carbons (Fsp3) is 0.385. The van der Waals surface area contributed by atoms with Crippen molar-refractivity contribution in [3.63, 3.8) is 0 Å². The Morgan fingerprint density at radius 3 is 2.79 bits per heavy atom. The van der Waals surface area contributed by atoms with E-state index in [0.29, 0.717) is 18.7 Å². The van der Waals surface area contributed by atoms with Crippen molar-refractivity contribution in [1.29, 1.82) is 0 Å². The van der Waals surface area contributed by atoms with Crippen LogP contribution in [0, 0.1) is 5.82 Å². The van der Waals surface area contributed by atoms with E-state index in [1.54, 1.807) is 0 Å². The fourth-order valence-corrected chi connectivity index (χ4v) is 2.39. The summed E-state index contributed by atoms with van der Waals surface area (Å²) in [7, 11) is 0. The van der Waals surface area contributed by atoms with E-state index in [1.165, 1.54) is 17.0 Å². The second-order valence-corrected chi connectivity index (χ2v) is 5.13. The molecule has 1 aromatic carbocycles. The van der Waals surface area contributed by atoms with Gasteiger partial charge >= 0.3 is 0 Å². The first-order chi connectivity index (χ1) is 9.06. The van der Waals surface area contributed by atoms with Gasteiger partial charge in [-0.3, -0.25) is 9.59 Å². The van der Waals surface area contributed by atoms with Gasteiger partial charge in [-0.2, -0.15) is 0 Å². The number of ketones is 1. The molecule has 1 aliphatic rings. The maximum Gasteiger partial charge on any atom is 0.299 e. The van der Waals surface area contributed by atoms with Crippen molar-refractivity contribution in [2.75, 3.05) is 24.5 Å². The van der Waals surface area contributed by atoms with Crippen LogP contribution in [0.2, 0.25) is 0 Å². The summed E-state index contributed by atoms with van der Waals surface area (Å²) in [6.45, 7) is 4.01. The standard InChI is InChI=1S/C13H14BrFN2O2/c1-2-16-4-3-5-17-11-7-10(15)9(14)6-8(11)12(18)13(17)19/h6-7,16H,2-5H2,1H3. The predicted molar refractivity (Wildman–Crippen MR) is 73.9 cm³/mol. The molecule has 0 spiro atoms. The number of fused-ring (bicyclic) bond motifs is 1. The second kappa shape index (κ2) is 5.79. The van der Waals surface area contributed by atoms with Gasteiger partial charge < -0.3 is 10.2 Å². The van der Waals surface area contributed by atoms with Gasteiger partial charge in [-0.05, 0) is 47.6 Å². The molecule has 1 aliphatic heterocycles. The van der Waals surface area contributed by atoms with Gasteiger partial charge in [0, 0.05) is 6.54 Å². The molecule has 19 heavy (non-hydrogen) atoms. The van der Waals surface area contributed by atoms with Gasteiger partial charge in [0.15, 0.2) is 0 Å². The van der Waals surface area contributed by atoms with Gasteiger partial charge in [-0.1, -0.05) is 6.92 Å². The van der Waals surface area contributed by atoms with Crippen LogP contribution in [0.5, 0.6) is 0 Å². The molecule has 0 aromatic heterocycles. The van der Waals surface area contributed by atoms with Crippen molar-refractivity contribution in [2.24, 2.45) is 0 Å².